The highest BCUT2D eigenvalue weighted by molar-refractivity contribution is 5.11. The summed E-state index contributed by atoms with van der Waals surface area (Å²) >= 11 is 0. The average molecular weight is 182 g/mol. The fourth-order valence-electron chi connectivity index (χ4n) is 1.59. The predicted octanol–water partition coefficient (Wildman–Crippen LogP) is 0.853. The molecule has 0 aromatic rings. The standard InChI is InChI=1S/C10H14O3/c11-6-9-7-12-10(13-9)8-4-2-1-3-5-8/h1-4,8-11H,5-7H2. The molecule has 3 heteroatoms. The lowest BCUT2D eigenvalue weighted by molar-refractivity contribution is -0.0895. The second-order valence-corrected chi connectivity index (χ2v) is 3.35. The van der Waals surface area contributed by atoms with Gasteiger partial charge in [-0.15, -0.1) is 0 Å². The summed E-state index contributed by atoms with van der Waals surface area (Å²) in [5.41, 5.74) is 0. The quantitative estimate of drug-likeness (QED) is 0.688. The second kappa shape index (κ2) is 4.05. The van der Waals surface area contributed by atoms with Crippen molar-refractivity contribution in [1.82, 2.24) is 0 Å². The lowest BCUT2D eigenvalue weighted by Gasteiger charge is -2.19. The third-order valence-corrected chi connectivity index (χ3v) is 2.34. The van der Waals surface area contributed by atoms with E-state index >= 15 is 0 Å². The van der Waals surface area contributed by atoms with Gasteiger partial charge in [-0.2, -0.15) is 0 Å². The van der Waals surface area contributed by atoms with Crippen molar-refractivity contribution in [3.05, 3.63) is 24.3 Å². The van der Waals surface area contributed by atoms with Crippen molar-refractivity contribution in [2.75, 3.05) is 13.2 Å². The summed E-state index contributed by atoms with van der Waals surface area (Å²) in [5, 5.41) is 8.85. The van der Waals surface area contributed by atoms with Crippen LogP contribution in [-0.2, 0) is 9.47 Å². The van der Waals surface area contributed by atoms with E-state index in [4.69, 9.17) is 14.6 Å². The summed E-state index contributed by atoms with van der Waals surface area (Å²) in [6.45, 7) is 0.554. The highest BCUT2D eigenvalue weighted by atomic mass is 16.7. The molecular weight excluding hydrogens is 168 g/mol. The van der Waals surface area contributed by atoms with Crippen molar-refractivity contribution in [1.29, 1.82) is 0 Å². The smallest absolute Gasteiger partial charge is 0.164 e. The van der Waals surface area contributed by atoms with E-state index in [0.29, 0.717) is 12.5 Å². The zero-order valence-corrected chi connectivity index (χ0v) is 7.43. The average Bonchev–Trinajstić information content (AvgIpc) is 2.67. The van der Waals surface area contributed by atoms with Gasteiger partial charge in [-0.25, -0.2) is 0 Å². The predicted molar refractivity (Wildman–Crippen MR) is 48.1 cm³/mol. The van der Waals surface area contributed by atoms with E-state index in [-0.39, 0.29) is 19.0 Å². The zero-order valence-electron chi connectivity index (χ0n) is 7.43. The minimum absolute atomic E-state index is 0.0444. The molecule has 0 saturated carbocycles. The first kappa shape index (κ1) is 8.94. The molecule has 2 aliphatic rings. The number of aliphatic hydroxyl groups is 1. The molecule has 0 bridgehead atoms. The van der Waals surface area contributed by atoms with Gasteiger partial charge in [0.05, 0.1) is 13.2 Å². The molecule has 1 saturated heterocycles. The summed E-state index contributed by atoms with van der Waals surface area (Å²) < 4.78 is 10.9. The van der Waals surface area contributed by atoms with Gasteiger partial charge in [0.15, 0.2) is 6.29 Å². The zero-order chi connectivity index (χ0) is 9.10. The first-order chi connectivity index (χ1) is 6.40. The number of hydrogen-bond donors (Lipinski definition) is 1. The number of ether oxygens (including phenoxy) is 2. The Kier molecular flexibility index (Phi) is 2.78. The summed E-state index contributed by atoms with van der Waals surface area (Å²) in [6, 6.07) is 0. The highest BCUT2D eigenvalue weighted by Crippen LogP contribution is 2.24. The summed E-state index contributed by atoms with van der Waals surface area (Å²) in [5.74, 6) is 0.307. The van der Waals surface area contributed by atoms with Gasteiger partial charge < -0.3 is 14.6 Å². The minimum Gasteiger partial charge on any atom is -0.394 e. The molecule has 0 radical (unpaired) electrons. The van der Waals surface area contributed by atoms with Crippen LogP contribution < -0.4 is 0 Å². The molecule has 13 heavy (non-hydrogen) atoms. The number of rotatable bonds is 2. The van der Waals surface area contributed by atoms with E-state index < -0.39 is 0 Å². The summed E-state index contributed by atoms with van der Waals surface area (Å²) in [6.07, 6.45) is 8.87. The first-order valence-electron chi connectivity index (χ1n) is 4.61. The highest BCUT2D eigenvalue weighted by Gasteiger charge is 2.30. The Labute approximate surface area is 77.7 Å². The van der Waals surface area contributed by atoms with Crippen LogP contribution in [0.2, 0.25) is 0 Å². The maximum atomic E-state index is 8.85. The number of hydrogen-bond acceptors (Lipinski definition) is 3. The van der Waals surface area contributed by atoms with Gasteiger partial charge >= 0.3 is 0 Å². The van der Waals surface area contributed by atoms with Crippen LogP contribution in [0.5, 0.6) is 0 Å². The van der Waals surface area contributed by atoms with Crippen molar-refractivity contribution in [2.45, 2.75) is 18.8 Å². The number of allylic oxidation sites excluding steroid dienone is 3. The first-order valence-corrected chi connectivity index (χ1v) is 4.61. The number of aliphatic hydroxyl groups excluding tert-OH is 1. The maximum absolute atomic E-state index is 8.85. The molecule has 0 aromatic heterocycles. The van der Waals surface area contributed by atoms with Crippen LogP contribution in [0.3, 0.4) is 0 Å². The Morgan fingerprint density at radius 2 is 2.31 bits per heavy atom. The molecule has 3 atom stereocenters. The largest absolute Gasteiger partial charge is 0.394 e. The van der Waals surface area contributed by atoms with Crippen LogP contribution in [-0.4, -0.2) is 30.7 Å². The second-order valence-electron chi connectivity index (χ2n) is 3.35. The van der Waals surface area contributed by atoms with Gasteiger partial charge in [0, 0.05) is 5.92 Å². The van der Waals surface area contributed by atoms with Crippen LogP contribution in [0.1, 0.15) is 6.42 Å². The van der Waals surface area contributed by atoms with E-state index in [1.54, 1.807) is 0 Å². The molecule has 0 aromatic carbocycles. The van der Waals surface area contributed by atoms with E-state index in [2.05, 4.69) is 12.2 Å². The van der Waals surface area contributed by atoms with Crippen molar-refractivity contribution < 1.29 is 14.6 Å². The van der Waals surface area contributed by atoms with Crippen LogP contribution in [0.4, 0.5) is 0 Å². The van der Waals surface area contributed by atoms with E-state index in [9.17, 15) is 0 Å². The molecule has 1 aliphatic heterocycles. The Hall–Kier alpha value is -0.640. The summed E-state index contributed by atoms with van der Waals surface area (Å²) in [4.78, 5) is 0. The monoisotopic (exact) mass is 182 g/mol. The molecule has 1 fully saturated rings. The van der Waals surface area contributed by atoms with Gasteiger partial charge in [0.1, 0.15) is 6.10 Å². The third-order valence-electron chi connectivity index (χ3n) is 2.34. The third kappa shape index (κ3) is 1.99. The van der Waals surface area contributed by atoms with Crippen LogP contribution >= 0.6 is 0 Å². The van der Waals surface area contributed by atoms with Crippen LogP contribution in [0, 0.1) is 5.92 Å². The summed E-state index contributed by atoms with van der Waals surface area (Å²) in [7, 11) is 0. The van der Waals surface area contributed by atoms with Crippen molar-refractivity contribution >= 4 is 0 Å². The normalized spacial score (nSPS) is 38.4. The van der Waals surface area contributed by atoms with Crippen molar-refractivity contribution in [3.8, 4) is 0 Å². The molecule has 0 spiro atoms. The molecule has 3 unspecified atom stereocenters. The van der Waals surface area contributed by atoms with Gasteiger partial charge in [-0.3, -0.25) is 0 Å². The Balaban J connectivity index is 1.88. The van der Waals surface area contributed by atoms with Gasteiger partial charge in [-0.1, -0.05) is 24.3 Å². The molecule has 1 N–H and O–H groups in total. The van der Waals surface area contributed by atoms with E-state index in [1.807, 2.05) is 12.2 Å². The molecular formula is C10H14O3. The fourth-order valence-corrected chi connectivity index (χ4v) is 1.59. The van der Waals surface area contributed by atoms with Gasteiger partial charge in [0.25, 0.3) is 0 Å². The van der Waals surface area contributed by atoms with E-state index in [1.165, 1.54) is 0 Å². The Morgan fingerprint density at radius 1 is 1.38 bits per heavy atom. The van der Waals surface area contributed by atoms with Crippen molar-refractivity contribution in [3.63, 3.8) is 0 Å². The van der Waals surface area contributed by atoms with Crippen LogP contribution in [0.15, 0.2) is 24.3 Å². The van der Waals surface area contributed by atoms with Gasteiger partial charge in [-0.05, 0) is 6.42 Å². The molecule has 72 valence electrons. The fraction of sp³-hybridized carbons (Fsp3) is 0.600. The van der Waals surface area contributed by atoms with Gasteiger partial charge in [0.2, 0.25) is 0 Å². The van der Waals surface area contributed by atoms with E-state index in [0.717, 1.165) is 6.42 Å². The Bertz CT molecular complexity index is 222. The lowest BCUT2D eigenvalue weighted by atomic mass is 10.0. The minimum atomic E-state index is -0.168. The SMILES string of the molecule is OCC1COC(C2C=CC=CC2)O1. The van der Waals surface area contributed by atoms with Crippen molar-refractivity contribution in [2.24, 2.45) is 5.92 Å². The Morgan fingerprint density at radius 3 is 2.92 bits per heavy atom. The molecule has 2 rings (SSSR count). The molecule has 1 aliphatic carbocycles. The topological polar surface area (TPSA) is 38.7 Å². The molecule has 1 heterocycles. The molecule has 3 nitrogen and oxygen atoms in total. The molecule has 0 amide bonds. The lowest BCUT2D eigenvalue weighted by Crippen LogP contribution is -2.22. The maximum Gasteiger partial charge on any atom is 0.164 e. The van der Waals surface area contributed by atoms with Crippen LogP contribution in [0.25, 0.3) is 0 Å².